The first-order valence-corrected chi connectivity index (χ1v) is 9.21. The zero-order valence-electron chi connectivity index (χ0n) is 15.2. The molecule has 0 amide bonds. The van der Waals surface area contributed by atoms with Gasteiger partial charge in [-0.05, 0) is 76.9 Å². The van der Waals surface area contributed by atoms with E-state index in [4.69, 9.17) is 4.42 Å². The predicted molar refractivity (Wildman–Crippen MR) is 106 cm³/mol. The van der Waals surface area contributed by atoms with Gasteiger partial charge in [-0.2, -0.15) is 0 Å². The largest absolute Gasteiger partial charge is 0.462 e. The standard InChI is InChI=1S/C24H24O/c1-4-17-7-6-8-20(13-17)24-18(5-2)10-11-19-14-21(15-22(19)24)23-12-9-16(3)25-23/h6-13,15H,4-5,14H2,1-3H3. The van der Waals surface area contributed by atoms with Crippen LogP contribution in [0.25, 0.3) is 22.8 Å². The molecule has 3 aromatic rings. The molecule has 1 aliphatic carbocycles. The zero-order valence-corrected chi connectivity index (χ0v) is 15.2. The summed E-state index contributed by atoms with van der Waals surface area (Å²) in [6.45, 7) is 6.46. The van der Waals surface area contributed by atoms with Gasteiger partial charge in [0.1, 0.15) is 11.5 Å². The number of furan rings is 1. The fraction of sp³-hybridized carbons (Fsp3) is 0.250. The fourth-order valence-corrected chi connectivity index (χ4v) is 3.80. The van der Waals surface area contributed by atoms with E-state index < -0.39 is 0 Å². The van der Waals surface area contributed by atoms with Gasteiger partial charge < -0.3 is 4.42 Å². The van der Waals surface area contributed by atoms with Crippen LogP contribution in [0.4, 0.5) is 0 Å². The van der Waals surface area contributed by atoms with Crippen LogP contribution in [-0.2, 0) is 19.3 Å². The molecule has 0 aliphatic heterocycles. The Morgan fingerprint density at radius 2 is 1.84 bits per heavy atom. The van der Waals surface area contributed by atoms with Crippen molar-refractivity contribution in [2.45, 2.75) is 40.0 Å². The van der Waals surface area contributed by atoms with Crippen molar-refractivity contribution < 1.29 is 4.42 Å². The maximum Gasteiger partial charge on any atom is 0.130 e. The van der Waals surface area contributed by atoms with Gasteiger partial charge >= 0.3 is 0 Å². The summed E-state index contributed by atoms with van der Waals surface area (Å²) in [5.41, 5.74) is 9.59. The molecule has 0 radical (unpaired) electrons. The summed E-state index contributed by atoms with van der Waals surface area (Å²) in [7, 11) is 0. The quantitative estimate of drug-likeness (QED) is 0.534. The molecule has 0 saturated carbocycles. The Morgan fingerprint density at radius 3 is 2.56 bits per heavy atom. The summed E-state index contributed by atoms with van der Waals surface area (Å²) in [4.78, 5) is 0. The highest BCUT2D eigenvalue weighted by Crippen LogP contribution is 2.40. The van der Waals surface area contributed by atoms with Crippen LogP contribution in [0, 0.1) is 6.92 Å². The number of allylic oxidation sites excluding steroid dienone is 1. The van der Waals surface area contributed by atoms with Crippen molar-refractivity contribution in [3.63, 3.8) is 0 Å². The lowest BCUT2D eigenvalue weighted by Crippen LogP contribution is -1.95. The lowest BCUT2D eigenvalue weighted by atomic mass is 9.90. The molecule has 126 valence electrons. The summed E-state index contributed by atoms with van der Waals surface area (Å²) in [6, 6.07) is 17.7. The first-order chi connectivity index (χ1) is 12.2. The average Bonchev–Trinajstić information content (AvgIpc) is 3.26. The minimum absolute atomic E-state index is 0.951. The molecule has 1 heterocycles. The Kier molecular flexibility index (Phi) is 4.09. The van der Waals surface area contributed by atoms with Crippen molar-refractivity contribution in [1.29, 1.82) is 0 Å². The van der Waals surface area contributed by atoms with Crippen molar-refractivity contribution in [3.8, 4) is 11.1 Å². The molecule has 25 heavy (non-hydrogen) atoms. The van der Waals surface area contributed by atoms with E-state index in [-0.39, 0.29) is 0 Å². The molecule has 0 fully saturated rings. The van der Waals surface area contributed by atoms with Gasteiger partial charge in [-0.3, -0.25) is 0 Å². The third-order valence-corrected chi connectivity index (χ3v) is 5.18. The highest BCUT2D eigenvalue weighted by atomic mass is 16.3. The zero-order chi connectivity index (χ0) is 17.4. The minimum atomic E-state index is 0.951. The molecule has 1 aromatic heterocycles. The molecular weight excluding hydrogens is 304 g/mol. The van der Waals surface area contributed by atoms with E-state index in [9.17, 15) is 0 Å². The summed E-state index contributed by atoms with van der Waals surface area (Å²) in [5.74, 6) is 1.97. The topological polar surface area (TPSA) is 13.1 Å². The van der Waals surface area contributed by atoms with Crippen LogP contribution in [0.1, 0.15) is 47.6 Å². The molecule has 2 aromatic carbocycles. The molecule has 1 heteroatoms. The van der Waals surface area contributed by atoms with E-state index in [1.165, 1.54) is 39.0 Å². The van der Waals surface area contributed by atoms with E-state index in [0.717, 1.165) is 30.8 Å². The maximum absolute atomic E-state index is 5.87. The predicted octanol–water partition coefficient (Wildman–Crippen LogP) is 6.48. The van der Waals surface area contributed by atoms with Gasteiger partial charge in [0.05, 0.1) is 0 Å². The van der Waals surface area contributed by atoms with Gasteiger partial charge in [0.15, 0.2) is 0 Å². The number of rotatable bonds is 4. The number of aryl methyl sites for hydroxylation is 3. The monoisotopic (exact) mass is 328 g/mol. The van der Waals surface area contributed by atoms with Gasteiger partial charge in [0, 0.05) is 6.42 Å². The second-order valence-electron chi connectivity index (χ2n) is 6.84. The Labute approximate surface area is 150 Å². The minimum Gasteiger partial charge on any atom is -0.462 e. The third kappa shape index (κ3) is 2.84. The van der Waals surface area contributed by atoms with E-state index in [1.54, 1.807) is 0 Å². The Balaban J connectivity index is 1.88. The first kappa shape index (κ1) is 16.0. The molecule has 4 rings (SSSR count). The average molecular weight is 328 g/mol. The fourth-order valence-electron chi connectivity index (χ4n) is 3.80. The van der Waals surface area contributed by atoms with Crippen LogP contribution in [0.15, 0.2) is 52.9 Å². The Hall–Kier alpha value is -2.54. The Bertz CT molecular complexity index is 956. The SMILES string of the molecule is CCc1cccc(-c2c(CC)ccc3c2C=C(c2ccc(C)o2)C3)c1. The number of hydrogen-bond donors (Lipinski definition) is 0. The Morgan fingerprint density at radius 1 is 0.960 bits per heavy atom. The molecule has 0 atom stereocenters. The highest BCUT2D eigenvalue weighted by molar-refractivity contribution is 5.94. The normalized spacial score (nSPS) is 13.0. The third-order valence-electron chi connectivity index (χ3n) is 5.18. The van der Waals surface area contributed by atoms with Gasteiger partial charge in [-0.1, -0.05) is 50.2 Å². The van der Waals surface area contributed by atoms with Crippen molar-refractivity contribution >= 4 is 11.6 Å². The van der Waals surface area contributed by atoms with Crippen molar-refractivity contribution in [2.75, 3.05) is 0 Å². The first-order valence-electron chi connectivity index (χ1n) is 9.21. The summed E-state index contributed by atoms with van der Waals surface area (Å²) in [5, 5.41) is 0. The smallest absolute Gasteiger partial charge is 0.130 e. The van der Waals surface area contributed by atoms with E-state index in [1.807, 2.05) is 13.0 Å². The van der Waals surface area contributed by atoms with Crippen LogP contribution in [0.5, 0.6) is 0 Å². The molecular formula is C24H24O. The molecule has 0 unspecified atom stereocenters. The number of fused-ring (bicyclic) bond motifs is 1. The van der Waals surface area contributed by atoms with Crippen molar-refractivity contribution in [2.24, 2.45) is 0 Å². The highest BCUT2D eigenvalue weighted by Gasteiger charge is 2.21. The summed E-state index contributed by atoms with van der Waals surface area (Å²) in [6.07, 6.45) is 5.40. The molecule has 0 N–H and O–H groups in total. The van der Waals surface area contributed by atoms with E-state index in [2.05, 4.69) is 62.4 Å². The molecule has 0 saturated heterocycles. The van der Waals surface area contributed by atoms with Crippen LogP contribution >= 0.6 is 0 Å². The number of hydrogen-bond acceptors (Lipinski definition) is 1. The van der Waals surface area contributed by atoms with Crippen molar-refractivity contribution in [3.05, 3.63) is 82.3 Å². The van der Waals surface area contributed by atoms with Gasteiger partial charge in [-0.25, -0.2) is 0 Å². The van der Waals surface area contributed by atoms with Crippen LogP contribution in [0.2, 0.25) is 0 Å². The molecule has 0 spiro atoms. The summed E-state index contributed by atoms with van der Waals surface area (Å²) < 4.78 is 5.87. The maximum atomic E-state index is 5.87. The molecule has 1 nitrogen and oxygen atoms in total. The van der Waals surface area contributed by atoms with Crippen LogP contribution < -0.4 is 0 Å². The van der Waals surface area contributed by atoms with Gasteiger partial charge in [-0.15, -0.1) is 0 Å². The van der Waals surface area contributed by atoms with Gasteiger partial charge in [0.2, 0.25) is 0 Å². The second kappa shape index (κ2) is 6.40. The van der Waals surface area contributed by atoms with Crippen molar-refractivity contribution in [1.82, 2.24) is 0 Å². The van der Waals surface area contributed by atoms with Gasteiger partial charge in [0.25, 0.3) is 0 Å². The van der Waals surface area contributed by atoms with Crippen LogP contribution in [-0.4, -0.2) is 0 Å². The van der Waals surface area contributed by atoms with E-state index in [0.29, 0.717) is 0 Å². The molecule has 0 bridgehead atoms. The summed E-state index contributed by atoms with van der Waals surface area (Å²) >= 11 is 0. The lowest BCUT2D eigenvalue weighted by molar-refractivity contribution is 0.521. The number of benzene rings is 2. The molecule has 1 aliphatic rings. The van der Waals surface area contributed by atoms with E-state index >= 15 is 0 Å². The lowest BCUT2D eigenvalue weighted by Gasteiger charge is -2.14. The second-order valence-corrected chi connectivity index (χ2v) is 6.84. The van der Waals surface area contributed by atoms with Crippen LogP contribution in [0.3, 0.4) is 0 Å².